The van der Waals surface area contributed by atoms with Crippen LogP contribution in [0.2, 0.25) is 0 Å². The second kappa shape index (κ2) is 5.36. The third kappa shape index (κ3) is 2.74. The van der Waals surface area contributed by atoms with E-state index in [0.29, 0.717) is 19.8 Å². The van der Waals surface area contributed by atoms with Gasteiger partial charge < -0.3 is 19.6 Å². The van der Waals surface area contributed by atoms with Gasteiger partial charge in [-0.2, -0.15) is 0 Å². The van der Waals surface area contributed by atoms with Crippen molar-refractivity contribution in [2.45, 2.75) is 19.4 Å². The minimum absolute atomic E-state index is 0.432. The minimum atomic E-state index is 0.432. The summed E-state index contributed by atoms with van der Waals surface area (Å²) in [6, 6.07) is 9.90. The molecule has 1 aromatic heterocycles. The van der Waals surface area contributed by atoms with Crippen LogP contribution in [0.25, 0.3) is 0 Å². The topological polar surface area (TPSA) is 57.6 Å². The Balaban J connectivity index is 1.79. The fourth-order valence-corrected chi connectivity index (χ4v) is 2.15. The molecule has 2 heterocycles. The standard InChI is InChI=1S/C15H17NO3/c16-10-13-4-3-12(19-13)8-11-2-5-14-15(9-11)18-7-1-6-17-14/h2-5,9H,1,6-8,10,16H2. The molecule has 0 unspecified atom stereocenters. The summed E-state index contributed by atoms with van der Waals surface area (Å²) in [4.78, 5) is 0. The Labute approximate surface area is 112 Å². The molecular weight excluding hydrogens is 242 g/mol. The van der Waals surface area contributed by atoms with E-state index in [4.69, 9.17) is 19.6 Å². The van der Waals surface area contributed by atoms with E-state index in [9.17, 15) is 0 Å². The van der Waals surface area contributed by atoms with Crippen molar-refractivity contribution >= 4 is 0 Å². The van der Waals surface area contributed by atoms with Gasteiger partial charge in [0.05, 0.1) is 19.8 Å². The lowest BCUT2D eigenvalue weighted by Crippen LogP contribution is -1.97. The molecular formula is C15H17NO3. The van der Waals surface area contributed by atoms with Gasteiger partial charge >= 0.3 is 0 Å². The van der Waals surface area contributed by atoms with E-state index in [-0.39, 0.29) is 0 Å². The van der Waals surface area contributed by atoms with Crippen LogP contribution in [0.5, 0.6) is 11.5 Å². The van der Waals surface area contributed by atoms with Gasteiger partial charge in [0, 0.05) is 12.8 Å². The fraction of sp³-hybridized carbons (Fsp3) is 0.333. The number of nitrogens with two attached hydrogens (primary N) is 1. The molecule has 4 nitrogen and oxygen atoms in total. The quantitative estimate of drug-likeness (QED) is 0.920. The smallest absolute Gasteiger partial charge is 0.161 e. The SMILES string of the molecule is NCc1ccc(Cc2ccc3c(c2)OCCCO3)o1. The van der Waals surface area contributed by atoms with Crippen LogP contribution in [0.4, 0.5) is 0 Å². The number of fused-ring (bicyclic) bond motifs is 1. The molecule has 1 aromatic carbocycles. The Morgan fingerprint density at radius 1 is 0.947 bits per heavy atom. The van der Waals surface area contributed by atoms with Gasteiger partial charge in [0.15, 0.2) is 11.5 Å². The third-order valence-corrected chi connectivity index (χ3v) is 3.11. The highest BCUT2D eigenvalue weighted by Crippen LogP contribution is 2.31. The minimum Gasteiger partial charge on any atom is -0.490 e. The molecule has 1 aliphatic heterocycles. The van der Waals surface area contributed by atoms with Crippen LogP contribution < -0.4 is 15.2 Å². The van der Waals surface area contributed by atoms with Gasteiger partial charge in [-0.25, -0.2) is 0 Å². The van der Waals surface area contributed by atoms with Crippen molar-refractivity contribution in [2.75, 3.05) is 13.2 Å². The van der Waals surface area contributed by atoms with E-state index in [2.05, 4.69) is 0 Å². The molecule has 0 aliphatic carbocycles. The summed E-state index contributed by atoms with van der Waals surface area (Å²) < 4.78 is 16.9. The maximum absolute atomic E-state index is 5.68. The van der Waals surface area contributed by atoms with Gasteiger partial charge in [0.2, 0.25) is 0 Å². The molecule has 0 amide bonds. The van der Waals surface area contributed by atoms with E-state index in [0.717, 1.165) is 41.4 Å². The molecule has 0 spiro atoms. The zero-order valence-corrected chi connectivity index (χ0v) is 10.7. The molecule has 1 aliphatic rings. The Morgan fingerprint density at radius 3 is 2.53 bits per heavy atom. The Bertz CT molecular complexity index is 562. The van der Waals surface area contributed by atoms with Crippen molar-refractivity contribution in [1.29, 1.82) is 0 Å². The number of benzene rings is 1. The van der Waals surface area contributed by atoms with E-state index in [1.54, 1.807) is 0 Å². The Kier molecular flexibility index (Phi) is 3.42. The van der Waals surface area contributed by atoms with Gasteiger partial charge in [0.1, 0.15) is 11.5 Å². The number of hydrogen-bond donors (Lipinski definition) is 1. The van der Waals surface area contributed by atoms with E-state index < -0.39 is 0 Å². The lowest BCUT2D eigenvalue weighted by Gasteiger charge is -2.08. The molecule has 19 heavy (non-hydrogen) atoms. The van der Waals surface area contributed by atoms with Crippen LogP contribution in [0.3, 0.4) is 0 Å². The molecule has 100 valence electrons. The van der Waals surface area contributed by atoms with Gasteiger partial charge in [-0.05, 0) is 29.8 Å². The summed E-state index contributed by atoms with van der Waals surface area (Å²) in [6.45, 7) is 1.85. The number of rotatable bonds is 3. The second-order valence-corrected chi connectivity index (χ2v) is 4.58. The number of ether oxygens (including phenoxy) is 2. The second-order valence-electron chi connectivity index (χ2n) is 4.58. The van der Waals surface area contributed by atoms with Crippen molar-refractivity contribution in [1.82, 2.24) is 0 Å². The van der Waals surface area contributed by atoms with Gasteiger partial charge in [-0.3, -0.25) is 0 Å². The van der Waals surface area contributed by atoms with Crippen LogP contribution >= 0.6 is 0 Å². The first-order valence-electron chi connectivity index (χ1n) is 6.51. The van der Waals surface area contributed by atoms with Crippen molar-refractivity contribution in [3.63, 3.8) is 0 Å². The van der Waals surface area contributed by atoms with Gasteiger partial charge in [0.25, 0.3) is 0 Å². The zero-order valence-electron chi connectivity index (χ0n) is 10.7. The predicted octanol–water partition coefficient (Wildman–Crippen LogP) is 2.49. The molecule has 2 N–H and O–H groups in total. The zero-order chi connectivity index (χ0) is 13.1. The van der Waals surface area contributed by atoms with Crippen molar-refractivity contribution in [3.05, 3.63) is 47.4 Å². The van der Waals surface area contributed by atoms with Crippen molar-refractivity contribution in [2.24, 2.45) is 5.73 Å². The van der Waals surface area contributed by atoms with Crippen LogP contribution in [0.1, 0.15) is 23.5 Å². The number of furan rings is 1. The Hall–Kier alpha value is -1.94. The molecule has 0 fully saturated rings. The first kappa shape index (κ1) is 12.1. The fourth-order valence-electron chi connectivity index (χ4n) is 2.15. The summed E-state index contributed by atoms with van der Waals surface area (Å²) >= 11 is 0. The first-order chi connectivity index (χ1) is 9.35. The molecule has 2 aromatic rings. The first-order valence-corrected chi connectivity index (χ1v) is 6.51. The highest BCUT2D eigenvalue weighted by molar-refractivity contribution is 5.44. The number of hydrogen-bond acceptors (Lipinski definition) is 4. The molecule has 4 heteroatoms. The summed E-state index contributed by atoms with van der Waals surface area (Å²) in [5.41, 5.74) is 6.68. The van der Waals surface area contributed by atoms with Crippen LogP contribution in [0.15, 0.2) is 34.7 Å². The Morgan fingerprint density at radius 2 is 1.74 bits per heavy atom. The highest BCUT2D eigenvalue weighted by Gasteiger charge is 2.11. The monoisotopic (exact) mass is 259 g/mol. The summed E-state index contributed by atoms with van der Waals surface area (Å²) in [7, 11) is 0. The predicted molar refractivity (Wildman–Crippen MR) is 71.5 cm³/mol. The summed E-state index contributed by atoms with van der Waals surface area (Å²) in [5, 5.41) is 0. The van der Waals surface area contributed by atoms with Gasteiger partial charge in [-0.15, -0.1) is 0 Å². The maximum Gasteiger partial charge on any atom is 0.161 e. The summed E-state index contributed by atoms with van der Waals surface area (Å²) in [6.07, 6.45) is 1.65. The van der Waals surface area contributed by atoms with Crippen LogP contribution in [0, 0.1) is 0 Å². The molecule has 0 radical (unpaired) electrons. The largest absolute Gasteiger partial charge is 0.490 e. The lowest BCUT2D eigenvalue weighted by atomic mass is 10.1. The highest BCUT2D eigenvalue weighted by atomic mass is 16.5. The van der Waals surface area contributed by atoms with E-state index in [1.165, 1.54) is 0 Å². The average Bonchev–Trinajstić information content (AvgIpc) is 2.75. The van der Waals surface area contributed by atoms with Crippen molar-refractivity contribution in [3.8, 4) is 11.5 Å². The van der Waals surface area contributed by atoms with Crippen LogP contribution in [-0.2, 0) is 13.0 Å². The lowest BCUT2D eigenvalue weighted by molar-refractivity contribution is 0.297. The molecule has 0 atom stereocenters. The molecule has 0 saturated carbocycles. The summed E-state index contributed by atoms with van der Waals surface area (Å²) in [5.74, 6) is 3.36. The van der Waals surface area contributed by atoms with Crippen LogP contribution in [-0.4, -0.2) is 13.2 Å². The van der Waals surface area contributed by atoms with Gasteiger partial charge in [-0.1, -0.05) is 6.07 Å². The average molecular weight is 259 g/mol. The van der Waals surface area contributed by atoms with E-state index in [1.807, 2.05) is 30.3 Å². The molecule has 0 saturated heterocycles. The van der Waals surface area contributed by atoms with Crippen molar-refractivity contribution < 1.29 is 13.9 Å². The normalized spacial score (nSPS) is 14.2. The molecule has 3 rings (SSSR count). The van der Waals surface area contributed by atoms with E-state index >= 15 is 0 Å². The maximum atomic E-state index is 5.68. The molecule has 0 bridgehead atoms. The third-order valence-electron chi connectivity index (χ3n) is 3.11.